The van der Waals surface area contributed by atoms with E-state index >= 15 is 0 Å². The molecule has 0 unspecified atom stereocenters. The minimum atomic E-state index is -1.04. The fraction of sp³-hybridized carbons (Fsp3) is 0.200. The molecule has 15 heavy (non-hydrogen) atoms. The number of halogens is 1. The van der Waals surface area contributed by atoms with Gasteiger partial charge in [0.25, 0.3) is 0 Å². The summed E-state index contributed by atoms with van der Waals surface area (Å²) in [7, 11) is 1.67. The predicted octanol–water partition coefficient (Wildman–Crippen LogP) is 2.23. The van der Waals surface area contributed by atoms with Crippen LogP contribution >= 0.6 is 11.6 Å². The minimum absolute atomic E-state index is 0.0235. The smallest absolute Gasteiger partial charge is 0.372 e. The van der Waals surface area contributed by atoms with Crippen LogP contribution in [0.3, 0.4) is 0 Å². The molecule has 5 heteroatoms. The molecule has 0 spiro atoms. The van der Waals surface area contributed by atoms with Crippen LogP contribution in [0, 0.1) is 6.92 Å². The van der Waals surface area contributed by atoms with Crippen molar-refractivity contribution in [2.75, 3.05) is 0 Å². The largest absolute Gasteiger partial charge is 0.475 e. The molecule has 0 radical (unpaired) electrons. The zero-order valence-corrected chi connectivity index (χ0v) is 9.04. The molecule has 1 aromatic carbocycles. The molecule has 1 aromatic heterocycles. The number of nitrogens with zero attached hydrogens (tertiary/aromatic N) is 2. The van der Waals surface area contributed by atoms with E-state index < -0.39 is 5.97 Å². The maximum atomic E-state index is 10.9. The maximum absolute atomic E-state index is 10.9. The second-order valence-electron chi connectivity index (χ2n) is 3.34. The Labute approximate surface area is 91.1 Å². The molecule has 0 aliphatic carbocycles. The number of rotatable bonds is 1. The number of carbonyl (C=O) groups is 1. The molecule has 2 aromatic rings. The first-order chi connectivity index (χ1) is 7.02. The molecule has 78 valence electrons. The first-order valence-electron chi connectivity index (χ1n) is 4.37. The average molecular weight is 225 g/mol. The van der Waals surface area contributed by atoms with Gasteiger partial charge in [-0.1, -0.05) is 11.6 Å². The molecule has 0 saturated carbocycles. The lowest BCUT2D eigenvalue weighted by Gasteiger charge is -1.99. The normalized spacial score (nSPS) is 10.9. The third-order valence-corrected chi connectivity index (χ3v) is 2.84. The maximum Gasteiger partial charge on any atom is 0.372 e. The van der Waals surface area contributed by atoms with Gasteiger partial charge in [-0.15, -0.1) is 0 Å². The molecular formula is C10H9ClN2O2. The van der Waals surface area contributed by atoms with Gasteiger partial charge in [-0.3, -0.25) is 0 Å². The topological polar surface area (TPSA) is 55.1 Å². The van der Waals surface area contributed by atoms with E-state index in [1.54, 1.807) is 23.7 Å². The van der Waals surface area contributed by atoms with Crippen molar-refractivity contribution < 1.29 is 9.90 Å². The first kappa shape index (κ1) is 9.98. The van der Waals surface area contributed by atoms with E-state index in [9.17, 15) is 4.79 Å². The van der Waals surface area contributed by atoms with E-state index in [1.807, 2.05) is 6.92 Å². The van der Waals surface area contributed by atoms with Crippen molar-refractivity contribution in [1.82, 2.24) is 9.55 Å². The Morgan fingerprint density at radius 1 is 1.53 bits per heavy atom. The van der Waals surface area contributed by atoms with Crippen molar-refractivity contribution in [3.63, 3.8) is 0 Å². The third-order valence-electron chi connectivity index (χ3n) is 2.43. The van der Waals surface area contributed by atoms with E-state index in [-0.39, 0.29) is 5.82 Å². The second-order valence-corrected chi connectivity index (χ2v) is 3.75. The lowest BCUT2D eigenvalue weighted by Crippen LogP contribution is -2.05. The SMILES string of the molecule is Cc1c(Cl)ccc2c1nc(C(=O)O)n2C. The van der Waals surface area contributed by atoms with Crippen LogP contribution in [0.5, 0.6) is 0 Å². The zero-order valence-electron chi connectivity index (χ0n) is 8.28. The molecule has 0 amide bonds. The Balaban J connectivity index is 2.88. The van der Waals surface area contributed by atoms with Crippen LogP contribution in [-0.2, 0) is 7.05 Å². The Morgan fingerprint density at radius 3 is 2.80 bits per heavy atom. The molecule has 0 fully saturated rings. The number of imidazole rings is 1. The summed E-state index contributed by atoms with van der Waals surface area (Å²) < 4.78 is 1.54. The summed E-state index contributed by atoms with van der Waals surface area (Å²) in [5.41, 5.74) is 2.22. The van der Waals surface area contributed by atoms with Crippen molar-refractivity contribution in [3.05, 3.63) is 28.5 Å². The zero-order chi connectivity index (χ0) is 11.2. The molecule has 0 saturated heterocycles. The standard InChI is InChI=1S/C10H9ClN2O2/c1-5-6(11)3-4-7-8(5)12-9(10(14)15)13(7)2/h3-4H,1-2H3,(H,14,15). The summed E-state index contributed by atoms with van der Waals surface area (Å²) >= 11 is 5.93. The molecule has 0 aliphatic rings. The molecule has 0 aliphatic heterocycles. The van der Waals surface area contributed by atoms with E-state index in [2.05, 4.69) is 4.98 Å². The number of aryl methyl sites for hydroxylation is 2. The predicted molar refractivity (Wildman–Crippen MR) is 57.4 cm³/mol. The molecule has 0 bridgehead atoms. The minimum Gasteiger partial charge on any atom is -0.475 e. The van der Waals surface area contributed by atoms with Crippen LogP contribution in [0.25, 0.3) is 11.0 Å². The quantitative estimate of drug-likeness (QED) is 0.808. The van der Waals surface area contributed by atoms with Gasteiger partial charge >= 0.3 is 5.97 Å². The van der Waals surface area contributed by atoms with E-state index in [0.29, 0.717) is 10.5 Å². The van der Waals surface area contributed by atoms with Crippen LogP contribution in [-0.4, -0.2) is 20.6 Å². The average Bonchev–Trinajstić information content (AvgIpc) is 2.51. The van der Waals surface area contributed by atoms with Crippen molar-refractivity contribution in [1.29, 1.82) is 0 Å². The molecule has 2 rings (SSSR count). The van der Waals surface area contributed by atoms with Crippen LogP contribution in [0.1, 0.15) is 16.2 Å². The number of hydrogen-bond acceptors (Lipinski definition) is 2. The second kappa shape index (κ2) is 3.24. The summed E-state index contributed by atoms with van der Waals surface area (Å²) in [5, 5.41) is 9.51. The Kier molecular flexibility index (Phi) is 2.16. The molecule has 1 N–H and O–H groups in total. The first-order valence-corrected chi connectivity index (χ1v) is 4.75. The number of fused-ring (bicyclic) bond motifs is 1. The Bertz CT molecular complexity index is 560. The Hall–Kier alpha value is -1.55. The number of aromatic carboxylic acids is 1. The molecular weight excluding hydrogens is 216 g/mol. The highest BCUT2D eigenvalue weighted by molar-refractivity contribution is 6.32. The van der Waals surface area contributed by atoms with Crippen molar-refractivity contribution in [2.24, 2.45) is 7.05 Å². The highest BCUT2D eigenvalue weighted by atomic mass is 35.5. The van der Waals surface area contributed by atoms with Gasteiger partial charge in [0.05, 0.1) is 11.0 Å². The fourth-order valence-electron chi connectivity index (χ4n) is 1.56. The monoisotopic (exact) mass is 224 g/mol. The van der Waals surface area contributed by atoms with Gasteiger partial charge in [-0.2, -0.15) is 0 Å². The molecule has 0 atom stereocenters. The highest BCUT2D eigenvalue weighted by Crippen LogP contribution is 2.25. The van der Waals surface area contributed by atoms with Gasteiger partial charge in [0.2, 0.25) is 5.82 Å². The summed E-state index contributed by atoms with van der Waals surface area (Å²) in [6, 6.07) is 3.51. The summed E-state index contributed by atoms with van der Waals surface area (Å²) in [4.78, 5) is 14.9. The van der Waals surface area contributed by atoms with Crippen LogP contribution in [0.15, 0.2) is 12.1 Å². The van der Waals surface area contributed by atoms with Crippen LogP contribution in [0.2, 0.25) is 5.02 Å². The number of aromatic nitrogens is 2. The van der Waals surface area contributed by atoms with E-state index in [0.717, 1.165) is 11.1 Å². The van der Waals surface area contributed by atoms with Crippen LogP contribution in [0.4, 0.5) is 0 Å². The van der Waals surface area contributed by atoms with Gasteiger partial charge in [-0.05, 0) is 24.6 Å². The van der Waals surface area contributed by atoms with Gasteiger partial charge in [-0.25, -0.2) is 9.78 Å². The third kappa shape index (κ3) is 1.37. The van der Waals surface area contributed by atoms with Crippen LogP contribution < -0.4 is 0 Å². The van der Waals surface area contributed by atoms with Crippen molar-refractivity contribution in [3.8, 4) is 0 Å². The fourth-order valence-corrected chi connectivity index (χ4v) is 1.71. The highest BCUT2D eigenvalue weighted by Gasteiger charge is 2.15. The molecule has 1 heterocycles. The summed E-state index contributed by atoms with van der Waals surface area (Å²) in [5.74, 6) is -1.01. The van der Waals surface area contributed by atoms with Gasteiger partial charge in [0.1, 0.15) is 0 Å². The summed E-state index contributed by atoms with van der Waals surface area (Å²) in [6.07, 6.45) is 0. The number of carboxylic acid groups (broad SMARTS) is 1. The van der Waals surface area contributed by atoms with Gasteiger partial charge in [0.15, 0.2) is 0 Å². The van der Waals surface area contributed by atoms with Crippen molar-refractivity contribution >= 4 is 28.6 Å². The van der Waals surface area contributed by atoms with E-state index in [4.69, 9.17) is 16.7 Å². The number of benzene rings is 1. The lowest BCUT2D eigenvalue weighted by molar-refractivity contribution is 0.0680. The van der Waals surface area contributed by atoms with Gasteiger partial charge in [0, 0.05) is 12.1 Å². The van der Waals surface area contributed by atoms with Gasteiger partial charge < -0.3 is 9.67 Å². The summed E-state index contributed by atoms with van der Waals surface area (Å²) in [6.45, 7) is 1.82. The number of hydrogen-bond donors (Lipinski definition) is 1. The Morgan fingerprint density at radius 2 is 2.20 bits per heavy atom. The lowest BCUT2D eigenvalue weighted by atomic mass is 10.2. The molecule has 4 nitrogen and oxygen atoms in total. The number of carboxylic acids is 1. The van der Waals surface area contributed by atoms with Crippen molar-refractivity contribution in [2.45, 2.75) is 6.92 Å². The van der Waals surface area contributed by atoms with E-state index in [1.165, 1.54) is 0 Å².